The van der Waals surface area contributed by atoms with Crippen molar-refractivity contribution in [3.05, 3.63) is 0 Å². The Balaban J connectivity index is 1.67. The van der Waals surface area contributed by atoms with E-state index in [1.54, 1.807) is 19.3 Å². The normalized spacial score (nSPS) is 49.6. The maximum Gasteiger partial charge on any atom is 0.00112 e. The van der Waals surface area contributed by atoms with Crippen molar-refractivity contribution in [1.82, 2.24) is 5.32 Å². The van der Waals surface area contributed by atoms with Gasteiger partial charge in [0.25, 0.3) is 0 Å². The second kappa shape index (κ2) is 2.01. The number of hydrogen-bond acceptors (Lipinski definition) is 1. The summed E-state index contributed by atoms with van der Waals surface area (Å²) in [5, 5.41) is 3.51. The van der Waals surface area contributed by atoms with Crippen molar-refractivity contribution in [2.75, 3.05) is 13.1 Å². The summed E-state index contributed by atoms with van der Waals surface area (Å²) in [6, 6.07) is 0. The molecule has 3 rings (SSSR count). The molecule has 2 atom stereocenters. The van der Waals surface area contributed by atoms with Gasteiger partial charge in [-0.3, -0.25) is 0 Å². The molecule has 1 nitrogen and oxygen atoms in total. The molecule has 2 aliphatic carbocycles. The van der Waals surface area contributed by atoms with Gasteiger partial charge in [-0.1, -0.05) is 19.3 Å². The fraction of sp³-hybridized carbons (Fsp3) is 1.00. The first-order chi connectivity index (χ1) is 5.41. The molecular weight excluding hydrogens is 134 g/mol. The highest BCUT2D eigenvalue weighted by atomic mass is 15.0. The second-order valence-electron chi connectivity index (χ2n) is 4.79. The Hall–Kier alpha value is -0.0400. The summed E-state index contributed by atoms with van der Waals surface area (Å²) in [6.45, 7) is 2.64. The molecular formula is C10H17N. The van der Waals surface area contributed by atoms with Crippen LogP contribution < -0.4 is 5.32 Å². The molecule has 0 aromatic heterocycles. The highest BCUT2D eigenvalue weighted by Crippen LogP contribution is 2.63. The Morgan fingerprint density at radius 1 is 1.27 bits per heavy atom. The zero-order chi connectivity index (χ0) is 7.31. The highest BCUT2D eigenvalue weighted by Gasteiger charge is 2.58. The van der Waals surface area contributed by atoms with Gasteiger partial charge in [0.1, 0.15) is 0 Å². The third-order valence-electron chi connectivity index (χ3n) is 4.25. The van der Waals surface area contributed by atoms with Crippen molar-refractivity contribution in [2.45, 2.75) is 32.1 Å². The fourth-order valence-corrected chi connectivity index (χ4v) is 3.14. The molecule has 1 saturated heterocycles. The molecule has 2 unspecified atom stereocenters. The van der Waals surface area contributed by atoms with Crippen LogP contribution in [0, 0.1) is 17.3 Å². The Morgan fingerprint density at radius 2 is 2.18 bits per heavy atom. The summed E-state index contributed by atoms with van der Waals surface area (Å²) in [5.41, 5.74) is 0.824. The quantitative estimate of drug-likeness (QED) is 0.602. The van der Waals surface area contributed by atoms with Crippen LogP contribution in [0.2, 0.25) is 0 Å². The van der Waals surface area contributed by atoms with Crippen LogP contribution in [0.5, 0.6) is 0 Å². The van der Waals surface area contributed by atoms with Crippen molar-refractivity contribution in [3.8, 4) is 0 Å². The second-order valence-corrected chi connectivity index (χ2v) is 4.79. The largest absolute Gasteiger partial charge is 0.316 e. The first-order valence-corrected chi connectivity index (χ1v) is 5.11. The molecule has 0 aromatic carbocycles. The van der Waals surface area contributed by atoms with Gasteiger partial charge in [-0.2, -0.15) is 0 Å². The monoisotopic (exact) mass is 151 g/mol. The summed E-state index contributed by atoms with van der Waals surface area (Å²) in [4.78, 5) is 0. The van der Waals surface area contributed by atoms with E-state index in [4.69, 9.17) is 0 Å². The van der Waals surface area contributed by atoms with Gasteiger partial charge in [-0.15, -0.1) is 0 Å². The SMILES string of the molecule is C1CC(C2CC23CCNC3)C1. The van der Waals surface area contributed by atoms with Gasteiger partial charge < -0.3 is 5.32 Å². The number of rotatable bonds is 1. The minimum atomic E-state index is 0.824. The lowest BCUT2D eigenvalue weighted by Gasteiger charge is -2.27. The molecule has 11 heavy (non-hydrogen) atoms. The minimum Gasteiger partial charge on any atom is -0.316 e. The maximum atomic E-state index is 3.51. The van der Waals surface area contributed by atoms with Crippen LogP contribution in [0.4, 0.5) is 0 Å². The standard InChI is InChI=1S/C10H17N/c1-2-8(3-1)9-6-10(9)4-5-11-7-10/h8-9,11H,1-7H2. The van der Waals surface area contributed by atoms with Gasteiger partial charge in [0.2, 0.25) is 0 Å². The third-order valence-corrected chi connectivity index (χ3v) is 4.25. The van der Waals surface area contributed by atoms with Crippen molar-refractivity contribution in [1.29, 1.82) is 0 Å². The third kappa shape index (κ3) is 0.807. The van der Waals surface area contributed by atoms with Crippen LogP contribution in [0.15, 0.2) is 0 Å². The molecule has 1 heterocycles. The molecule has 1 N–H and O–H groups in total. The molecule has 3 aliphatic rings. The van der Waals surface area contributed by atoms with Gasteiger partial charge in [0.15, 0.2) is 0 Å². The van der Waals surface area contributed by atoms with Gasteiger partial charge in [0, 0.05) is 6.54 Å². The van der Waals surface area contributed by atoms with Crippen molar-refractivity contribution in [2.24, 2.45) is 17.3 Å². The van der Waals surface area contributed by atoms with E-state index in [0.717, 1.165) is 17.3 Å². The molecule has 1 heteroatoms. The topological polar surface area (TPSA) is 12.0 Å². The van der Waals surface area contributed by atoms with Crippen LogP contribution in [-0.4, -0.2) is 13.1 Å². The van der Waals surface area contributed by atoms with E-state index in [9.17, 15) is 0 Å². The van der Waals surface area contributed by atoms with Crippen LogP contribution in [0.1, 0.15) is 32.1 Å². The van der Waals surface area contributed by atoms with E-state index in [-0.39, 0.29) is 0 Å². The van der Waals surface area contributed by atoms with E-state index in [2.05, 4.69) is 5.32 Å². The van der Waals surface area contributed by atoms with Gasteiger partial charge in [-0.25, -0.2) is 0 Å². The average Bonchev–Trinajstić information content (AvgIpc) is 2.40. The Bertz CT molecular complexity index is 166. The molecule has 3 fully saturated rings. The summed E-state index contributed by atoms with van der Waals surface area (Å²) in [5.74, 6) is 2.29. The lowest BCUT2D eigenvalue weighted by molar-refractivity contribution is 0.243. The Morgan fingerprint density at radius 3 is 2.73 bits per heavy atom. The summed E-state index contributed by atoms with van der Waals surface area (Å²) in [7, 11) is 0. The zero-order valence-electron chi connectivity index (χ0n) is 7.10. The molecule has 0 aromatic rings. The lowest BCUT2D eigenvalue weighted by Crippen LogP contribution is -2.19. The van der Waals surface area contributed by atoms with E-state index in [1.165, 1.54) is 25.9 Å². The lowest BCUT2D eigenvalue weighted by atomic mass is 9.78. The van der Waals surface area contributed by atoms with E-state index >= 15 is 0 Å². The molecule has 0 bridgehead atoms. The fourth-order valence-electron chi connectivity index (χ4n) is 3.14. The van der Waals surface area contributed by atoms with Gasteiger partial charge >= 0.3 is 0 Å². The van der Waals surface area contributed by atoms with Crippen LogP contribution >= 0.6 is 0 Å². The molecule has 2 saturated carbocycles. The van der Waals surface area contributed by atoms with Crippen LogP contribution in [0.25, 0.3) is 0 Å². The number of hydrogen-bond donors (Lipinski definition) is 1. The first-order valence-electron chi connectivity index (χ1n) is 5.11. The van der Waals surface area contributed by atoms with E-state index in [1.807, 2.05) is 0 Å². The van der Waals surface area contributed by atoms with E-state index in [0.29, 0.717) is 0 Å². The summed E-state index contributed by atoms with van der Waals surface area (Å²) >= 11 is 0. The van der Waals surface area contributed by atoms with Crippen LogP contribution in [0.3, 0.4) is 0 Å². The Labute approximate surface area is 68.6 Å². The van der Waals surface area contributed by atoms with Gasteiger partial charge in [-0.05, 0) is 36.6 Å². The zero-order valence-corrected chi connectivity index (χ0v) is 7.10. The molecule has 1 aliphatic heterocycles. The average molecular weight is 151 g/mol. The Kier molecular flexibility index (Phi) is 1.18. The van der Waals surface area contributed by atoms with Crippen molar-refractivity contribution < 1.29 is 0 Å². The molecule has 0 radical (unpaired) electrons. The predicted octanol–water partition coefficient (Wildman–Crippen LogP) is 1.79. The number of nitrogens with one attached hydrogen (secondary N) is 1. The molecule has 62 valence electrons. The maximum absolute atomic E-state index is 3.51. The van der Waals surface area contributed by atoms with Crippen LogP contribution in [-0.2, 0) is 0 Å². The predicted molar refractivity (Wildman–Crippen MR) is 45.4 cm³/mol. The van der Waals surface area contributed by atoms with Gasteiger partial charge in [0.05, 0.1) is 0 Å². The summed E-state index contributed by atoms with van der Waals surface area (Å²) in [6.07, 6.45) is 7.66. The first kappa shape index (κ1) is 6.47. The smallest absolute Gasteiger partial charge is 0.00112 e. The highest BCUT2D eigenvalue weighted by molar-refractivity contribution is 5.10. The van der Waals surface area contributed by atoms with Crippen molar-refractivity contribution >= 4 is 0 Å². The van der Waals surface area contributed by atoms with Crippen molar-refractivity contribution in [3.63, 3.8) is 0 Å². The molecule has 1 spiro atoms. The summed E-state index contributed by atoms with van der Waals surface area (Å²) < 4.78 is 0. The van der Waals surface area contributed by atoms with E-state index < -0.39 is 0 Å². The minimum absolute atomic E-state index is 0.824. The molecule has 0 amide bonds.